The molecule has 2 aromatic carbocycles. The molecule has 59 heavy (non-hydrogen) atoms. The summed E-state index contributed by atoms with van der Waals surface area (Å²) in [7, 11) is 0. The largest absolute Gasteiger partial charge is 2.00 e. The van der Waals surface area contributed by atoms with Gasteiger partial charge in [-0.2, -0.15) is 16.9 Å². The third kappa shape index (κ3) is 9.01. The monoisotopic (exact) mass is 863 g/mol. The van der Waals surface area contributed by atoms with E-state index in [-0.39, 0.29) is 95.0 Å². The van der Waals surface area contributed by atoms with Gasteiger partial charge in [0.05, 0.1) is 30.3 Å². The maximum Gasteiger partial charge on any atom is 2.00 e. The topological polar surface area (TPSA) is 129 Å². The van der Waals surface area contributed by atoms with Crippen LogP contribution in [-0.4, -0.2) is 128 Å². The number of rotatable bonds is 13. The Morgan fingerprint density at radius 2 is 1.92 bits per heavy atom. The number of amides is 1. The van der Waals surface area contributed by atoms with Crippen LogP contribution in [0.3, 0.4) is 0 Å². The van der Waals surface area contributed by atoms with Crippen LogP contribution in [0, 0.1) is 17.6 Å². The zero-order chi connectivity index (χ0) is 40.4. The average Bonchev–Trinajstić information content (AvgIpc) is 3.74. The van der Waals surface area contributed by atoms with Crippen LogP contribution < -0.4 is 14.4 Å². The van der Waals surface area contributed by atoms with E-state index in [0.29, 0.717) is 63.0 Å². The van der Waals surface area contributed by atoms with E-state index >= 15 is 13.2 Å². The number of hydrogen-bond donors (Lipinski definition) is 0. The molecule has 4 fully saturated rings. The molecule has 8 rings (SSSR count). The van der Waals surface area contributed by atoms with E-state index in [4.69, 9.17) is 23.7 Å². The molecule has 1 amide bonds. The summed E-state index contributed by atoms with van der Waals surface area (Å²) in [6, 6.07) is 5.75. The quantitative estimate of drug-likeness (QED) is 0.0512. The fourth-order valence-corrected chi connectivity index (χ4v) is 8.81. The van der Waals surface area contributed by atoms with Gasteiger partial charge in [-0.25, -0.2) is 22.4 Å². The van der Waals surface area contributed by atoms with Gasteiger partial charge in [-0.3, -0.25) is 15.8 Å². The fraction of sp³-hybridized carbons (Fsp3) is 0.512. The molecule has 0 spiro atoms. The van der Waals surface area contributed by atoms with E-state index in [1.165, 1.54) is 35.8 Å². The van der Waals surface area contributed by atoms with Crippen molar-refractivity contribution < 1.29 is 67.9 Å². The number of morpholine rings is 1. The van der Waals surface area contributed by atoms with E-state index in [0.717, 1.165) is 25.3 Å². The first kappa shape index (κ1) is 42.6. The fourth-order valence-electron chi connectivity index (χ4n) is 8.81. The average molecular weight is 864 g/mol. The smallest absolute Gasteiger partial charge is 0.653 e. The molecule has 13 nitrogen and oxygen atoms in total. The van der Waals surface area contributed by atoms with Crippen molar-refractivity contribution in [2.75, 3.05) is 77.4 Å². The van der Waals surface area contributed by atoms with Crippen molar-refractivity contribution in [3.63, 3.8) is 0 Å². The maximum absolute atomic E-state index is 17.4. The first-order chi connectivity index (χ1) is 28.1. The molecule has 18 heteroatoms. The number of halogens is 4. The van der Waals surface area contributed by atoms with Crippen molar-refractivity contribution in [3.05, 3.63) is 53.6 Å². The number of ether oxygens (including phenoxy) is 5. The van der Waals surface area contributed by atoms with Crippen molar-refractivity contribution >= 4 is 40.1 Å². The zero-order valence-corrected chi connectivity index (χ0v) is 33.7. The van der Waals surface area contributed by atoms with Gasteiger partial charge in [-0.1, -0.05) is 12.5 Å². The molecule has 4 saturated heterocycles. The molecule has 1 radical (unpaired) electrons. The number of benzene rings is 2. The van der Waals surface area contributed by atoms with Gasteiger partial charge < -0.3 is 38.3 Å². The van der Waals surface area contributed by atoms with Crippen molar-refractivity contribution in [1.82, 2.24) is 24.8 Å². The van der Waals surface area contributed by atoms with E-state index < -0.39 is 42.4 Å². The molecule has 6 heterocycles. The van der Waals surface area contributed by atoms with Crippen molar-refractivity contribution in [3.8, 4) is 23.0 Å². The molecule has 315 valence electrons. The Kier molecular flexibility index (Phi) is 13.3. The second-order valence-electron chi connectivity index (χ2n) is 15.4. The number of aromatic nitrogens is 3. The Hall–Kier alpha value is -4.51. The van der Waals surface area contributed by atoms with Gasteiger partial charge in [0, 0.05) is 51.0 Å². The summed E-state index contributed by atoms with van der Waals surface area (Å²) in [5.74, 6) is -0.156. The van der Waals surface area contributed by atoms with Gasteiger partial charge in [0.2, 0.25) is 6.79 Å². The number of alkyl halides is 2. The Bertz CT molecular complexity index is 2160. The second-order valence-corrected chi connectivity index (χ2v) is 15.4. The van der Waals surface area contributed by atoms with Gasteiger partial charge in [-0.05, 0) is 66.8 Å². The summed E-state index contributed by atoms with van der Waals surface area (Å²) in [6.45, 7) is 5.76. The van der Waals surface area contributed by atoms with Crippen molar-refractivity contribution in [2.45, 2.75) is 63.3 Å². The minimum atomic E-state index is -1.18. The molecule has 0 bridgehead atoms. The van der Waals surface area contributed by atoms with Crippen LogP contribution in [0.5, 0.6) is 11.8 Å². The molecule has 0 saturated carbocycles. The van der Waals surface area contributed by atoms with E-state index in [1.54, 1.807) is 11.0 Å². The zero-order valence-electron chi connectivity index (χ0n) is 32.5. The number of anilines is 1. The molecule has 4 aliphatic heterocycles. The van der Waals surface area contributed by atoms with Crippen molar-refractivity contribution in [1.29, 1.82) is 0 Å². The Labute approximate surface area is 349 Å². The van der Waals surface area contributed by atoms with Crippen LogP contribution in [0.1, 0.15) is 44.6 Å². The number of carbonyl (C=O) groups excluding carboxylic acids is 2. The minimum Gasteiger partial charge on any atom is -0.653 e. The molecule has 0 unspecified atom stereocenters. The summed E-state index contributed by atoms with van der Waals surface area (Å²) in [4.78, 5) is 42.4. The first-order valence-corrected chi connectivity index (χ1v) is 19.6. The Morgan fingerprint density at radius 3 is 2.71 bits per heavy atom. The van der Waals surface area contributed by atoms with Crippen LogP contribution in [0.25, 0.3) is 32.9 Å². The molecule has 4 aliphatic rings. The molecular weight excluding hydrogens is 819 g/mol. The van der Waals surface area contributed by atoms with Crippen LogP contribution in [-0.2, 0) is 42.5 Å². The first-order valence-electron chi connectivity index (χ1n) is 19.6. The predicted molar refractivity (Wildman–Crippen MR) is 204 cm³/mol. The molecular formula is C41H44F4MnN6O7. The molecule has 0 N–H and O–H groups in total. The number of nitrogens with zero attached hydrogens (tertiary/aromatic N) is 6. The Morgan fingerprint density at radius 1 is 1.08 bits per heavy atom. The van der Waals surface area contributed by atoms with Gasteiger partial charge >= 0.3 is 29.2 Å². The van der Waals surface area contributed by atoms with Crippen LogP contribution in [0.2, 0.25) is 0 Å². The van der Waals surface area contributed by atoms with Crippen molar-refractivity contribution in [2.24, 2.45) is 0 Å². The number of pyridine rings is 1. The van der Waals surface area contributed by atoms with E-state index in [9.17, 15) is 14.0 Å². The standard InChI is InChI=1S/C41H44F4N6O7.Mn/c1-25-14-27(42)20-50(19-25)38-32-18-46-36(35(45)37(32)47-39(48-38)56-22-41-7-3-8-51(41)21-28(43)17-41)31-16-29(57-24-58-40(53)49-9-12-54-13-10-49)15-26-5-6-33(44)30(34(26)31)4-2-11-55-23-52;/h5-6,15-16,18,27-28H,2-4,7-14,17,19-22,24H2,1H3;/q-2;+2/t27-,28-,41+;/m1./s1. The molecule has 4 aromatic rings. The predicted octanol–water partition coefficient (Wildman–Crippen LogP) is 6.04. The molecule has 3 atom stereocenters. The van der Waals surface area contributed by atoms with Crippen LogP contribution >= 0.6 is 0 Å². The van der Waals surface area contributed by atoms with E-state index in [1.807, 2.05) is 6.92 Å². The summed E-state index contributed by atoms with van der Waals surface area (Å²) in [5.41, 5.74) is -0.527. The number of piperidine rings is 1. The number of fused-ring (bicyclic) bond motifs is 3. The van der Waals surface area contributed by atoms with Crippen LogP contribution in [0.15, 0.2) is 30.5 Å². The van der Waals surface area contributed by atoms with Gasteiger partial charge in [0.1, 0.15) is 41.4 Å². The summed E-state index contributed by atoms with van der Waals surface area (Å²) < 4.78 is 90.3. The van der Waals surface area contributed by atoms with Gasteiger partial charge in [-0.15, -0.1) is 13.0 Å². The Balaban J connectivity index is 0.00000528. The maximum atomic E-state index is 17.4. The summed E-state index contributed by atoms with van der Waals surface area (Å²) in [5, 5.41) is 1.01. The second kappa shape index (κ2) is 18.4. The van der Waals surface area contributed by atoms with E-state index in [2.05, 4.69) is 19.9 Å². The summed E-state index contributed by atoms with van der Waals surface area (Å²) >= 11 is 0. The molecule has 0 aliphatic carbocycles. The number of carbonyl (C=O) groups is 1. The normalized spacial score (nSPS) is 22.3. The molecule has 2 aromatic heterocycles. The third-order valence-electron chi connectivity index (χ3n) is 11.4. The minimum absolute atomic E-state index is 0. The number of hydrogen-bond acceptors (Lipinski definition) is 12. The SMILES string of the molecule is C[C-]1C[C@@H](F)CN(c2nc(OC[C@@]34CCCN3C[C@H](F)C4)nc3c(F)c(-c4cc(OCOC(=O)N5CCOCC5)cc5ccc(F)c(CCCO[C-]=O)c45)ncc23)C1.[Mn+2]. The van der Waals surface area contributed by atoms with Gasteiger partial charge in [0.25, 0.3) is 0 Å². The third-order valence-corrected chi connectivity index (χ3v) is 11.4. The van der Waals surface area contributed by atoms with Gasteiger partial charge in [0.15, 0.2) is 5.82 Å². The van der Waals surface area contributed by atoms with Crippen LogP contribution in [0.4, 0.5) is 28.2 Å². The number of aryl methyl sites for hydroxylation is 1. The summed E-state index contributed by atoms with van der Waals surface area (Å²) in [6.07, 6.45) is 1.22.